The Morgan fingerprint density at radius 1 is 0.614 bits per heavy atom. The number of ether oxygens (including phenoxy) is 1. The normalized spacial score (nSPS) is 12.2. The highest BCUT2D eigenvalue weighted by Gasteiger charge is 2.35. The third-order valence-electron chi connectivity index (χ3n) is 16.6. The van der Waals surface area contributed by atoms with Gasteiger partial charge < -0.3 is 51.1 Å². The number of imidazole rings is 2. The zero-order valence-corrected chi connectivity index (χ0v) is 61.5. The van der Waals surface area contributed by atoms with Crippen LogP contribution < -0.4 is 42.4 Å². The number of nitriles is 2. The molecule has 8 N–H and O–H groups in total. The van der Waals surface area contributed by atoms with Crippen molar-refractivity contribution in [2.45, 2.75) is 46.5 Å². The molecule has 114 heavy (non-hydrogen) atoms. The number of benzene rings is 5. The van der Waals surface area contributed by atoms with Gasteiger partial charge in [0.25, 0.3) is 23.6 Å². The Morgan fingerprint density at radius 3 is 1.86 bits per heavy atom. The number of pyridine rings is 3. The minimum absolute atomic E-state index is 0.00211. The molecule has 1 saturated heterocycles. The maximum Gasteiger partial charge on any atom is 0.433 e. The van der Waals surface area contributed by atoms with Gasteiger partial charge in [-0.15, -0.1) is 0 Å². The van der Waals surface area contributed by atoms with Gasteiger partial charge in [0.05, 0.1) is 47.6 Å². The first-order valence-electron chi connectivity index (χ1n) is 34.3. The van der Waals surface area contributed by atoms with Gasteiger partial charge in [0.15, 0.2) is 24.3 Å². The van der Waals surface area contributed by atoms with Crippen LogP contribution in [-0.4, -0.2) is 119 Å². The molecule has 1 aliphatic heterocycles. The van der Waals surface area contributed by atoms with Gasteiger partial charge in [-0.1, -0.05) is 47.8 Å². The zero-order chi connectivity index (χ0) is 81.8. The number of aliphatic imine (C=N–C) groups is 1. The Hall–Kier alpha value is -15.1. The molecular weight excluding hydrogens is 1480 g/mol. The number of halogens is 7. The molecule has 0 radical (unpaired) electrons. The van der Waals surface area contributed by atoms with Crippen LogP contribution >= 0.6 is 0 Å². The number of hydrogen-bond donors (Lipinski definition) is 6. The molecule has 1 aliphatic rings. The van der Waals surface area contributed by atoms with Crippen molar-refractivity contribution in [1.29, 1.82) is 10.5 Å². The summed E-state index contributed by atoms with van der Waals surface area (Å²) in [4.78, 5) is 85.4. The van der Waals surface area contributed by atoms with Crippen molar-refractivity contribution >= 4 is 58.3 Å². The first-order chi connectivity index (χ1) is 54.4. The molecule has 25 nitrogen and oxygen atoms in total. The molecule has 0 unspecified atom stereocenters. The standard InChI is InChI=1S/C31H32F3N5O3.C26H16F3N11O.C25H19FN4O/c1-20-4-7-26(12-23(20)6-5-21-10-28(16-36-15-21)42-19-29(35)40)37-30(41)24-11-25(31(32,33)34)14-27(13-24)39-9-8-22(18-39)17-38(2)3;1-15-2-3-17(6-16(15)4-5-18-10-34-23(11-33-18)39-25(32)35-13-31)24(41)38-22-8-20(7-21(37-22)26(27,28)29)40-12-19(9-30)36-14-40;1-17-5-8-23(11-20(17)7-6-19-4-3-9-27-14-19)29-25(31)21-10-22(26)13-24(12-21)30-15-18(2)28-16-30/h4,7,10-16,22H,8-9,17-19H2,1-3H3,(H2,35,40)(H,37,41);2-3,6-8,10-12,14H,1H3,(H,37,38,41)(H3,32,34,35,39);3-5,8-16H,1-2H3,(H,29,31)/t22-;;/m1../s1. The largest absolute Gasteiger partial charge is 0.482 e. The second kappa shape index (κ2) is 36.9. The summed E-state index contributed by atoms with van der Waals surface area (Å²) >= 11 is 0. The predicted octanol–water partition coefficient (Wildman–Crippen LogP) is 11.9. The molecule has 7 heterocycles. The van der Waals surface area contributed by atoms with E-state index in [4.69, 9.17) is 26.7 Å². The van der Waals surface area contributed by atoms with Crippen molar-refractivity contribution in [1.82, 2.24) is 54.2 Å². The van der Waals surface area contributed by atoms with Crippen LogP contribution in [0.25, 0.3) is 11.4 Å². The summed E-state index contributed by atoms with van der Waals surface area (Å²) in [6, 6.07) is 31.9. The summed E-state index contributed by atoms with van der Waals surface area (Å²) in [6.07, 6.45) is 7.85. The molecule has 0 bridgehead atoms. The SMILES string of the molecule is Cc1ccc(C(=O)Nc2cc(-n3cnc(C#N)c3)cc(C(F)(F)F)n2)cc1C#Cc1cnc(N=C(N)NC#N)cn1.Cc1ccc(NC(=O)c2cc(N3CC[C@H](CN(C)C)C3)cc(C(F)(F)F)c2)cc1C#Cc1cncc(OCC(N)=O)c1.Cc1cn(-c2cc(F)cc(C(=O)Nc3ccc(C)c(C#Cc4cccnc4)c3)c2)cn1. The average Bonchev–Trinajstić information content (AvgIpc) is 1.40. The number of anilines is 4. The Bertz CT molecular complexity index is 5760. The highest BCUT2D eigenvalue weighted by atomic mass is 19.4. The van der Waals surface area contributed by atoms with E-state index < -0.39 is 53.1 Å². The van der Waals surface area contributed by atoms with Crippen LogP contribution in [0.1, 0.15) is 110 Å². The summed E-state index contributed by atoms with van der Waals surface area (Å²) in [5.74, 6) is 15.3. The summed E-state index contributed by atoms with van der Waals surface area (Å²) in [6.45, 7) is 9.20. The van der Waals surface area contributed by atoms with Gasteiger partial charge in [0.2, 0.25) is 5.96 Å². The molecule has 0 saturated carbocycles. The lowest BCUT2D eigenvalue weighted by Crippen LogP contribution is -2.26. The quantitative estimate of drug-likeness (QED) is 0.0139. The number of aryl methyl sites for hydroxylation is 4. The van der Waals surface area contributed by atoms with E-state index in [0.717, 1.165) is 64.7 Å². The smallest absolute Gasteiger partial charge is 0.433 e. The number of carbonyl (C=O) groups excluding carboxylic acids is 4. The van der Waals surface area contributed by atoms with E-state index in [-0.39, 0.29) is 58.0 Å². The first kappa shape index (κ1) is 81.4. The highest BCUT2D eigenvalue weighted by molar-refractivity contribution is 6.06. The zero-order valence-electron chi connectivity index (χ0n) is 61.5. The number of hydrogen-bond acceptors (Lipinski definition) is 17. The molecular formula is C82H67F7N20O5. The molecule has 0 spiro atoms. The van der Waals surface area contributed by atoms with Gasteiger partial charge >= 0.3 is 12.4 Å². The van der Waals surface area contributed by atoms with Gasteiger partial charge in [0.1, 0.15) is 41.2 Å². The molecule has 32 heteroatoms. The third-order valence-corrected chi connectivity index (χ3v) is 16.6. The Labute approximate surface area is 648 Å². The molecule has 574 valence electrons. The lowest BCUT2D eigenvalue weighted by atomic mass is 10.0. The fourth-order valence-corrected chi connectivity index (χ4v) is 11.0. The summed E-state index contributed by atoms with van der Waals surface area (Å²) in [5.41, 5.74) is 17.4. The summed E-state index contributed by atoms with van der Waals surface area (Å²) in [5, 5.41) is 27.6. The second-order valence-corrected chi connectivity index (χ2v) is 25.7. The van der Waals surface area contributed by atoms with Gasteiger partial charge in [-0.05, 0) is 174 Å². The summed E-state index contributed by atoms with van der Waals surface area (Å²) < 4.78 is 104. The number of nitrogens with one attached hydrogen (secondary N) is 4. The van der Waals surface area contributed by atoms with E-state index in [1.807, 2.05) is 58.0 Å². The van der Waals surface area contributed by atoms with Crippen molar-refractivity contribution in [2.24, 2.45) is 22.4 Å². The van der Waals surface area contributed by atoms with Crippen LogP contribution in [-0.2, 0) is 17.1 Å². The van der Waals surface area contributed by atoms with Crippen molar-refractivity contribution in [3.05, 3.63) is 279 Å². The van der Waals surface area contributed by atoms with E-state index in [9.17, 15) is 49.9 Å². The van der Waals surface area contributed by atoms with E-state index in [1.165, 1.54) is 78.3 Å². The van der Waals surface area contributed by atoms with Crippen LogP contribution in [0.2, 0.25) is 0 Å². The van der Waals surface area contributed by atoms with Crippen LogP contribution in [0.4, 0.5) is 59.4 Å². The fourth-order valence-electron chi connectivity index (χ4n) is 11.0. The van der Waals surface area contributed by atoms with Crippen LogP contribution in [0.5, 0.6) is 5.75 Å². The van der Waals surface area contributed by atoms with Gasteiger partial charge in [-0.25, -0.2) is 29.3 Å². The van der Waals surface area contributed by atoms with Gasteiger partial charge in [-0.3, -0.25) is 34.5 Å². The molecule has 12 rings (SSSR count). The van der Waals surface area contributed by atoms with Crippen molar-refractivity contribution in [2.75, 3.05) is 61.2 Å². The minimum Gasteiger partial charge on any atom is -0.482 e. The minimum atomic E-state index is -4.80. The van der Waals surface area contributed by atoms with Crippen LogP contribution in [0.3, 0.4) is 0 Å². The van der Waals surface area contributed by atoms with E-state index >= 15 is 0 Å². The molecule has 11 aromatic rings. The number of rotatable bonds is 15. The number of primary amides is 1. The highest BCUT2D eigenvalue weighted by Crippen LogP contribution is 2.36. The lowest BCUT2D eigenvalue weighted by molar-refractivity contribution is -0.141. The van der Waals surface area contributed by atoms with E-state index in [2.05, 4.69) is 102 Å². The Balaban J connectivity index is 0.000000183. The average molecular weight is 1550 g/mol. The number of nitrogens with two attached hydrogens (primary N) is 2. The molecule has 0 aliphatic carbocycles. The van der Waals surface area contributed by atoms with Gasteiger partial charge in [-0.2, -0.15) is 41.9 Å². The van der Waals surface area contributed by atoms with E-state index in [0.29, 0.717) is 64.2 Å². The third kappa shape index (κ3) is 23.2. The summed E-state index contributed by atoms with van der Waals surface area (Å²) in [7, 11) is 3.94. The number of nitrogens with zero attached hydrogens (tertiary/aromatic N) is 14. The maximum atomic E-state index is 14.2. The molecule has 4 amide bonds. The molecule has 6 aromatic heterocycles. The monoisotopic (exact) mass is 1540 g/mol. The first-order valence-corrected chi connectivity index (χ1v) is 34.3. The fraction of sp³-hybridized carbons (Fsp3) is 0.171. The molecule has 5 aromatic carbocycles. The topological polar surface area (TPSA) is 344 Å². The van der Waals surface area contributed by atoms with Crippen LogP contribution in [0, 0.1) is 97.7 Å². The van der Waals surface area contributed by atoms with Crippen molar-refractivity contribution in [3.63, 3.8) is 0 Å². The van der Waals surface area contributed by atoms with E-state index in [1.54, 1.807) is 97.2 Å². The molecule has 1 atom stereocenters. The number of guanidine groups is 1. The van der Waals surface area contributed by atoms with Crippen molar-refractivity contribution < 1.29 is 54.6 Å². The number of carbonyl (C=O) groups is 4. The maximum absolute atomic E-state index is 14.2. The number of amides is 4. The van der Waals surface area contributed by atoms with Gasteiger partial charge in [0, 0.05) is 118 Å². The Morgan fingerprint density at radius 2 is 1.25 bits per heavy atom. The lowest BCUT2D eigenvalue weighted by Gasteiger charge is -2.22. The number of aromatic nitrogens is 9. The predicted molar refractivity (Wildman–Crippen MR) is 410 cm³/mol. The molecule has 1 fully saturated rings. The van der Waals surface area contributed by atoms with Crippen molar-refractivity contribution in [3.8, 4) is 64.9 Å². The number of alkyl halides is 6. The Kier molecular flexibility index (Phi) is 26.4. The van der Waals surface area contributed by atoms with Crippen LogP contribution in [0.15, 0.2) is 189 Å². The second-order valence-electron chi connectivity index (χ2n) is 25.7.